The van der Waals surface area contributed by atoms with Gasteiger partial charge in [-0.3, -0.25) is 0 Å². The van der Waals surface area contributed by atoms with Gasteiger partial charge in [0.15, 0.2) is 0 Å². The van der Waals surface area contributed by atoms with E-state index >= 15 is 0 Å². The van der Waals surface area contributed by atoms with Gasteiger partial charge in [0.2, 0.25) is 0 Å². The van der Waals surface area contributed by atoms with Crippen molar-refractivity contribution in [1.82, 2.24) is 0 Å². The fourth-order valence-corrected chi connectivity index (χ4v) is 5.15. The molecule has 0 aromatic heterocycles. The topological polar surface area (TPSA) is 80.9 Å². The highest BCUT2D eigenvalue weighted by Gasteiger charge is 2.32. The van der Waals surface area contributed by atoms with E-state index < -0.39 is 0 Å². The summed E-state index contributed by atoms with van der Waals surface area (Å²) in [4.78, 5) is 0. The van der Waals surface area contributed by atoms with E-state index in [-0.39, 0.29) is 34.3 Å². The molecule has 0 atom stereocenters. The molecule has 4 aromatic carbocycles. The molecule has 4 nitrogen and oxygen atoms in total. The van der Waals surface area contributed by atoms with E-state index in [4.69, 9.17) is 0 Å². The summed E-state index contributed by atoms with van der Waals surface area (Å²) in [6.45, 7) is 2.18. The second-order valence-corrected chi connectivity index (χ2v) is 9.16. The monoisotopic (exact) mass is 468 g/mol. The maximum atomic E-state index is 9.87. The Morgan fingerprint density at radius 1 is 0.543 bits per heavy atom. The predicted molar refractivity (Wildman–Crippen MR) is 139 cm³/mol. The van der Waals surface area contributed by atoms with Gasteiger partial charge in [0.05, 0.1) is 0 Å². The van der Waals surface area contributed by atoms with E-state index in [0.29, 0.717) is 0 Å². The third-order valence-electron chi connectivity index (χ3n) is 7.13. The first-order valence-corrected chi connectivity index (χ1v) is 12.1. The molecule has 35 heavy (non-hydrogen) atoms. The van der Waals surface area contributed by atoms with E-state index in [2.05, 4.69) is 6.92 Å². The van der Waals surface area contributed by atoms with Gasteiger partial charge in [0.1, 0.15) is 23.0 Å². The van der Waals surface area contributed by atoms with Crippen LogP contribution in [0.4, 0.5) is 0 Å². The van der Waals surface area contributed by atoms with E-state index in [0.717, 1.165) is 47.9 Å². The molecule has 4 heteroatoms. The molecule has 0 spiro atoms. The Kier molecular flexibility index (Phi) is 7.31. The van der Waals surface area contributed by atoms with Crippen molar-refractivity contribution in [2.45, 2.75) is 43.9 Å². The van der Waals surface area contributed by atoms with Crippen LogP contribution in [-0.2, 0) is 5.41 Å². The van der Waals surface area contributed by atoms with E-state index in [9.17, 15) is 20.4 Å². The molecule has 0 aliphatic heterocycles. The molecule has 0 heterocycles. The van der Waals surface area contributed by atoms with E-state index in [1.807, 2.05) is 48.5 Å². The molecule has 0 saturated heterocycles. The van der Waals surface area contributed by atoms with Crippen LogP contribution < -0.4 is 0 Å². The predicted octanol–water partition coefficient (Wildman–Crippen LogP) is 7.21. The summed E-state index contributed by atoms with van der Waals surface area (Å²) in [5, 5.41) is 39.3. The van der Waals surface area contributed by atoms with Gasteiger partial charge >= 0.3 is 0 Å². The van der Waals surface area contributed by atoms with Crippen molar-refractivity contribution in [3.8, 4) is 23.0 Å². The zero-order valence-electron chi connectivity index (χ0n) is 19.9. The normalized spacial score (nSPS) is 11.6. The first-order valence-electron chi connectivity index (χ1n) is 12.1. The van der Waals surface area contributed by atoms with E-state index in [1.54, 1.807) is 48.5 Å². The average Bonchev–Trinajstić information content (AvgIpc) is 2.87. The Bertz CT molecular complexity index is 1120. The minimum atomic E-state index is -0.268. The molecule has 0 radical (unpaired) electrons. The van der Waals surface area contributed by atoms with Crippen LogP contribution >= 0.6 is 0 Å². The number of phenols is 4. The lowest BCUT2D eigenvalue weighted by molar-refractivity contribution is 0.422. The van der Waals surface area contributed by atoms with Gasteiger partial charge in [0, 0.05) is 11.3 Å². The van der Waals surface area contributed by atoms with Gasteiger partial charge in [-0.2, -0.15) is 0 Å². The van der Waals surface area contributed by atoms with Crippen molar-refractivity contribution in [3.05, 3.63) is 119 Å². The third kappa shape index (κ3) is 5.43. The molecule has 4 N–H and O–H groups in total. The van der Waals surface area contributed by atoms with Crippen molar-refractivity contribution in [2.75, 3.05) is 0 Å². The maximum Gasteiger partial charge on any atom is 0.115 e. The number of rotatable bonds is 9. The molecule has 0 aliphatic rings. The van der Waals surface area contributed by atoms with Gasteiger partial charge in [-0.15, -0.1) is 0 Å². The van der Waals surface area contributed by atoms with Crippen molar-refractivity contribution in [2.24, 2.45) is 0 Å². The minimum Gasteiger partial charge on any atom is -0.508 e. The second-order valence-electron chi connectivity index (χ2n) is 9.16. The Balaban J connectivity index is 1.65. The second kappa shape index (κ2) is 10.6. The smallest absolute Gasteiger partial charge is 0.115 e. The number of phenolic OH excluding ortho intramolecular Hbond substituents is 4. The summed E-state index contributed by atoms with van der Waals surface area (Å²) >= 11 is 0. The van der Waals surface area contributed by atoms with Gasteiger partial charge in [-0.1, -0.05) is 61.9 Å². The molecule has 4 aromatic rings. The highest BCUT2D eigenvalue weighted by atomic mass is 16.3. The Hall–Kier alpha value is -3.92. The molecule has 0 aliphatic carbocycles. The molecule has 180 valence electrons. The standard InChI is InChI=1S/C31H32O4/c1-2-31(24-9-17-28(34)18-10-24,25-11-19-29(35)20-12-25)21-3-4-30(22-5-13-26(32)14-6-22)23-7-15-27(33)16-8-23/h5-20,30,32-35H,2-4,21H2,1H3. The number of aromatic hydroxyl groups is 4. The van der Waals surface area contributed by atoms with Crippen molar-refractivity contribution in [3.63, 3.8) is 0 Å². The van der Waals surface area contributed by atoms with Gasteiger partial charge in [0.25, 0.3) is 0 Å². The van der Waals surface area contributed by atoms with Crippen LogP contribution in [0.1, 0.15) is 60.8 Å². The Labute approximate surface area is 206 Å². The molecule has 0 fully saturated rings. The maximum absolute atomic E-state index is 9.87. The average molecular weight is 469 g/mol. The summed E-state index contributed by atoms with van der Waals surface area (Å²) in [6.07, 6.45) is 3.55. The highest BCUT2D eigenvalue weighted by molar-refractivity contribution is 5.43. The third-order valence-corrected chi connectivity index (χ3v) is 7.13. The van der Waals surface area contributed by atoms with Gasteiger partial charge < -0.3 is 20.4 Å². The highest BCUT2D eigenvalue weighted by Crippen LogP contribution is 2.43. The Morgan fingerprint density at radius 3 is 1.23 bits per heavy atom. The quantitative estimate of drug-likeness (QED) is 0.209. The zero-order chi connectivity index (χ0) is 24.8. The van der Waals surface area contributed by atoms with Crippen LogP contribution in [0.25, 0.3) is 0 Å². The summed E-state index contributed by atoms with van der Waals surface area (Å²) in [5.41, 5.74) is 4.23. The number of hydrogen-bond acceptors (Lipinski definition) is 4. The summed E-state index contributed by atoms with van der Waals surface area (Å²) in [6, 6.07) is 29.6. The molecule has 0 unspecified atom stereocenters. The zero-order valence-corrected chi connectivity index (χ0v) is 19.9. The fraction of sp³-hybridized carbons (Fsp3) is 0.226. The minimum absolute atomic E-state index is 0.116. The van der Waals surface area contributed by atoms with Crippen molar-refractivity contribution < 1.29 is 20.4 Å². The Morgan fingerprint density at radius 2 is 0.886 bits per heavy atom. The summed E-state index contributed by atoms with van der Waals surface area (Å²) in [7, 11) is 0. The van der Waals surface area contributed by atoms with Crippen LogP contribution in [0.15, 0.2) is 97.1 Å². The molecular formula is C31H32O4. The molecular weight excluding hydrogens is 436 g/mol. The van der Waals surface area contributed by atoms with Gasteiger partial charge in [-0.05, 0) is 90.0 Å². The molecule has 0 amide bonds. The SMILES string of the molecule is CCC(CCCC(c1ccc(O)cc1)c1ccc(O)cc1)(c1ccc(O)cc1)c1ccc(O)cc1. The van der Waals surface area contributed by atoms with Crippen LogP contribution in [0.2, 0.25) is 0 Å². The van der Waals surface area contributed by atoms with Crippen molar-refractivity contribution >= 4 is 0 Å². The molecule has 4 rings (SSSR count). The summed E-state index contributed by atoms with van der Waals surface area (Å²) < 4.78 is 0. The van der Waals surface area contributed by atoms with E-state index in [1.165, 1.54) is 0 Å². The number of hydrogen-bond donors (Lipinski definition) is 4. The molecule has 0 bridgehead atoms. The van der Waals surface area contributed by atoms with Crippen LogP contribution in [-0.4, -0.2) is 20.4 Å². The summed E-state index contributed by atoms with van der Waals surface area (Å²) in [5.74, 6) is 1.07. The fourth-order valence-electron chi connectivity index (χ4n) is 5.15. The first-order chi connectivity index (χ1) is 16.9. The van der Waals surface area contributed by atoms with Crippen LogP contribution in [0.3, 0.4) is 0 Å². The largest absolute Gasteiger partial charge is 0.508 e. The molecule has 0 saturated carbocycles. The van der Waals surface area contributed by atoms with Crippen LogP contribution in [0.5, 0.6) is 23.0 Å². The van der Waals surface area contributed by atoms with Crippen LogP contribution in [0, 0.1) is 0 Å². The van der Waals surface area contributed by atoms with Gasteiger partial charge in [-0.25, -0.2) is 0 Å². The lowest BCUT2D eigenvalue weighted by Crippen LogP contribution is -2.27. The number of benzene rings is 4. The van der Waals surface area contributed by atoms with Crippen molar-refractivity contribution in [1.29, 1.82) is 0 Å². The lowest BCUT2D eigenvalue weighted by atomic mass is 9.68. The lowest BCUT2D eigenvalue weighted by Gasteiger charge is -2.35. The first kappa shape index (κ1) is 24.2.